The van der Waals surface area contributed by atoms with E-state index < -0.39 is 12.0 Å². The smallest absolute Gasteiger partial charge is 0.320 e. The molecule has 4 N–H and O–H groups in total. The van der Waals surface area contributed by atoms with E-state index in [-0.39, 0.29) is 12.2 Å². The highest BCUT2D eigenvalue weighted by atomic mass is 127. The van der Waals surface area contributed by atoms with Crippen LogP contribution in [-0.4, -0.2) is 22.2 Å². The van der Waals surface area contributed by atoms with Crippen LogP contribution in [0.5, 0.6) is 17.2 Å². The number of nitrogens with two attached hydrogens (primary N) is 1. The fourth-order valence-corrected chi connectivity index (χ4v) is 4.47. The van der Waals surface area contributed by atoms with Gasteiger partial charge < -0.3 is 20.7 Å². The number of carboxylic acid groups (broad SMARTS) is 1. The molecule has 0 aliphatic heterocycles. The molecule has 2 aromatic rings. The molecule has 122 valence electrons. The fraction of sp³-hybridized carbons (Fsp3) is 0.133. The molecule has 0 aromatic heterocycles. The van der Waals surface area contributed by atoms with Gasteiger partial charge in [-0.05, 0) is 110 Å². The summed E-state index contributed by atoms with van der Waals surface area (Å²) in [6, 6.07) is 7.44. The molecule has 0 aliphatic rings. The number of halogens is 3. The fourth-order valence-electron chi connectivity index (χ4n) is 1.83. The molecule has 0 fully saturated rings. The first kappa shape index (κ1) is 19.0. The average molecular weight is 651 g/mol. The maximum atomic E-state index is 10.9. The van der Waals surface area contributed by atoms with Gasteiger partial charge in [-0.3, -0.25) is 4.79 Å². The number of hydrogen-bond donors (Lipinski definition) is 3. The number of aromatic hydroxyl groups is 1. The minimum absolute atomic E-state index is 0.175. The normalized spacial score (nSPS) is 12.0. The summed E-state index contributed by atoms with van der Waals surface area (Å²) >= 11 is 6.51. The van der Waals surface area contributed by atoms with E-state index >= 15 is 0 Å². The summed E-state index contributed by atoms with van der Waals surface area (Å²) in [5, 5.41) is 18.3. The second kappa shape index (κ2) is 8.16. The van der Waals surface area contributed by atoms with Crippen LogP contribution in [0.15, 0.2) is 30.3 Å². The summed E-state index contributed by atoms with van der Waals surface area (Å²) in [5.74, 6) is 0.475. The molecular formula is C15H12I3NO4. The Morgan fingerprint density at radius 1 is 1.17 bits per heavy atom. The molecule has 23 heavy (non-hydrogen) atoms. The molecule has 8 heteroatoms. The van der Waals surface area contributed by atoms with Crippen molar-refractivity contribution in [3.63, 3.8) is 0 Å². The van der Waals surface area contributed by atoms with E-state index in [1.165, 1.54) is 0 Å². The lowest BCUT2D eigenvalue weighted by atomic mass is 10.1. The highest BCUT2D eigenvalue weighted by molar-refractivity contribution is 14.1. The van der Waals surface area contributed by atoms with Crippen LogP contribution in [0.2, 0.25) is 0 Å². The average Bonchev–Trinajstić information content (AvgIpc) is 2.50. The minimum Gasteiger partial charge on any atom is -0.508 e. The first-order valence-electron chi connectivity index (χ1n) is 6.41. The van der Waals surface area contributed by atoms with Crippen LogP contribution in [0, 0.1) is 10.7 Å². The van der Waals surface area contributed by atoms with Crippen LogP contribution < -0.4 is 10.5 Å². The van der Waals surface area contributed by atoms with Gasteiger partial charge in [-0.25, -0.2) is 0 Å². The van der Waals surface area contributed by atoms with Gasteiger partial charge in [-0.15, -0.1) is 0 Å². The number of phenols is 1. The zero-order valence-electron chi connectivity index (χ0n) is 11.6. The summed E-state index contributed by atoms with van der Waals surface area (Å²) in [7, 11) is 0. The van der Waals surface area contributed by atoms with Crippen molar-refractivity contribution in [3.05, 3.63) is 46.6 Å². The molecule has 2 rings (SSSR count). The molecule has 0 spiro atoms. The standard InChI is InChI=1S/C15H12I3NO4/c16-10-5-7(6-11(19)15(21)22)12(17)13(18)14(10)23-9-3-1-8(20)2-4-9/h1-5,11,20H,6,19H2,(H,21,22)/t11-/m1/s1. The largest absolute Gasteiger partial charge is 0.508 e. The first-order chi connectivity index (χ1) is 10.8. The SMILES string of the molecule is N[C@H](Cc1cc(I)c(Oc2ccc(O)cc2)c(I)c1I)C(=O)O. The Bertz CT molecular complexity index is 734. The summed E-state index contributed by atoms with van der Waals surface area (Å²) in [5.41, 5.74) is 6.51. The maximum absolute atomic E-state index is 10.9. The van der Waals surface area contributed by atoms with Crippen molar-refractivity contribution in [1.29, 1.82) is 0 Å². The lowest BCUT2D eigenvalue weighted by Crippen LogP contribution is -2.32. The van der Waals surface area contributed by atoms with Crippen LogP contribution in [0.3, 0.4) is 0 Å². The van der Waals surface area contributed by atoms with Gasteiger partial charge in [0.15, 0.2) is 5.75 Å². The minimum atomic E-state index is -1.02. The number of carboxylic acids is 1. The Kier molecular flexibility index (Phi) is 6.74. The van der Waals surface area contributed by atoms with Gasteiger partial charge in [0.05, 0.1) is 7.14 Å². The van der Waals surface area contributed by atoms with Crippen molar-refractivity contribution in [3.8, 4) is 17.2 Å². The second-order valence-corrected chi connectivity index (χ2v) is 8.04. The van der Waals surface area contributed by atoms with E-state index in [1.807, 2.05) is 6.07 Å². The number of hydrogen-bond acceptors (Lipinski definition) is 4. The predicted molar refractivity (Wildman–Crippen MR) is 112 cm³/mol. The Morgan fingerprint density at radius 2 is 1.78 bits per heavy atom. The van der Waals surface area contributed by atoms with Gasteiger partial charge in [0.2, 0.25) is 0 Å². The van der Waals surface area contributed by atoms with E-state index in [1.54, 1.807) is 24.3 Å². The van der Waals surface area contributed by atoms with Crippen LogP contribution in [-0.2, 0) is 11.2 Å². The Labute approximate surface area is 174 Å². The lowest BCUT2D eigenvalue weighted by molar-refractivity contribution is -0.138. The number of phenolic OH excluding ortho intramolecular Hbond substituents is 1. The van der Waals surface area contributed by atoms with Crippen LogP contribution in [0.4, 0.5) is 0 Å². The van der Waals surface area contributed by atoms with Gasteiger partial charge >= 0.3 is 5.97 Å². The van der Waals surface area contributed by atoms with Gasteiger partial charge in [-0.1, -0.05) is 0 Å². The molecule has 0 amide bonds. The highest BCUT2D eigenvalue weighted by Crippen LogP contribution is 2.37. The molecule has 1 atom stereocenters. The molecule has 5 nitrogen and oxygen atoms in total. The highest BCUT2D eigenvalue weighted by Gasteiger charge is 2.19. The molecule has 0 saturated heterocycles. The maximum Gasteiger partial charge on any atom is 0.320 e. The zero-order valence-corrected chi connectivity index (χ0v) is 18.1. The van der Waals surface area contributed by atoms with E-state index in [4.69, 9.17) is 15.6 Å². The van der Waals surface area contributed by atoms with Crippen LogP contribution >= 0.6 is 67.8 Å². The Hall–Kier alpha value is -0.340. The molecule has 2 aromatic carbocycles. The quantitative estimate of drug-likeness (QED) is 0.337. The lowest BCUT2D eigenvalue weighted by Gasteiger charge is -2.16. The summed E-state index contributed by atoms with van der Waals surface area (Å²) in [6.45, 7) is 0. The predicted octanol–water partition coefficient (Wildman–Crippen LogP) is 3.95. The molecule has 0 unspecified atom stereocenters. The van der Waals surface area contributed by atoms with Gasteiger partial charge in [0.25, 0.3) is 0 Å². The van der Waals surface area contributed by atoms with E-state index in [9.17, 15) is 9.90 Å². The van der Waals surface area contributed by atoms with Crippen molar-refractivity contribution >= 4 is 73.7 Å². The number of aliphatic carboxylic acids is 1. The summed E-state index contributed by atoms with van der Waals surface area (Å²) < 4.78 is 8.60. The van der Waals surface area contributed by atoms with E-state index in [2.05, 4.69) is 67.8 Å². The number of benzene rings is 2. The number of ether oxygens (including phenoxy) is 1. The Morgan fingerprint density at radius 3 is 2.35 bits per heavy atom. The zero-order chi connectivity index (χ0) is 17.1. The summed E-state index contributed by atoms with van der Waals surface area (Å²) in [6.07, 6.45) is 0.263. The number of rotatable bonds is 5. The van der Waals surface area contributed by atoms with Gasteiger partial charge in [0.1, 0.15) is 17.5 Å². The van der Waals surface area contributed by atoms with Crippen molar-refractivity contribution in [1.82, 2.24) is 0 Å². The number of carbonyl (C=O) groups is 1. The van der Waals surface area contributed by atoms with Gasteiger partial charge in [0, 0.05) is 3.57 Å². The van der Waals surface area contributed by atoms with Gasteiger partial charge in [-0.2, -0.15) is 0 Å². The van der Waals surface area contributed by atoms with Crippen molar-refractivity contribution in [2.75, 3.05) is 0 Å². The topological polar surface area (TPSA) is 92.8 Å². The molecule has 0 saturated carbocycles. The third-order valence-electron chi connectivity index (χ3n) is 3.01. The van der Waals surface area contributed by atoms with Crippen LogP contribution in [0.1, 0.15) is 5.56 Å². The third kappa shape index (κ3) is 4.82. The van der Waals surface area contributed by atoms with Crippen molar-refractivity contribution in [2.45, 2.75) is 12.5 Å². The second-order valence-electron chi connectivity index (χ2n) is 4.72. The monoisotopic (exact) mass is 651 g/mol. The molecular weight excluding hydrogens is 639 g/mol. The van der Waals surface area contributed by atoms with Crippen molar-refractivity contribution in [2.24, 2.45) is 5.73 Å². The first-order valence-corrected chi connectivity index (χ1v) is 9.65. The molecule has 0 heterocycles. The third-order valence-corrected chi connectivity index (χ3v) is 7.10. The van der Waals surface area contributed by atoms with E-state index in [0.29, 0.717) is 11.5 Å². The Balaban J connectivity index is 2.33. The summed E-state index contributed by atoms with van der Waals surface area (Å²) in [4.78, 5) is 10.9. The van der Waals surface area contributed by atoms with E-state index in [0.717, 1.165) is 16.3 Å². The molecule has 0 aliphatic carbocycles. The molecule has 0 bridgehead atoms. The van der Waals surface area contributed by atoms with Crippen molar-refractivity contribution < 1.29 is 19.7 Å². The molecule has 0 radical (unpaired) electrons. The van der Waals surface area contributed by atoms with Crippen LogP contribution in [0.25, 0.3) is 0 Å².